The van der Waals surface area contributed by atoms with Crippen LogP contribution in [-0.2, 0) is 19.9 Å². The first-order valence-electron chi connectivity index (χ1n) is 8.62. The van der Waals surface area contributed by atoms with Crippen molar-refractivity contribution in [3.05, 3.63) is 33.0 Å². The Hall–Kier alpha value is -1.69. The number of aromatic nitrogens is 3. The zero-order valence-electron chi connectivity index (χ0n) is 15.2. The van der Waals surface area contributed by atoms with E-state index in [1.165, 1.54) is 11.3 Å². The second-order valence-corrected chi connectivity index (χ2v) is 8.20. The third-order valence-corrected chi connectivity index (χ3v) is 5.92. The molecule has 1 amide bonds. The maximum Gasteiger partial charge on any atom is 0.266 e. The molecule has 1 aliphatic rings. The topological polar surface area (TPSA) is 51.0 Å². The van der Waals surface area contributed by atoms with Crippen molar-refractivity contribution < 1.29 is 4.79 Å². The van der Waals surface area contributed by atoms with E-state index in [-0.39, 0.29) is 11.9 Å². The highest BCUT2D eigenvalue weighted by atomic mass is 32.1. The van der Waals surface area contributed by atoms with Gasteiger partial charge in [-0.3, -0.25) is 9.48 Å². The normalized spacial score (nSPS) is 17.2. The number of nitrogens with zero attached hydrogens (tertiary/aromatic N) is 4. The van der Waals surface area contributed by atoms with E-state index in [4.69, 9.17) is 0 Å². The molecular formula is C18H26N4OS. The number of carbonyl (C=O) groups excluding carboxylic acids is 1. The number of carbonyl (C=O) groups is 1. The second-order valence-electron chi connectivity index (χ2n) is 7.11. The SMILES string of the molecule is Cc1nc(CC(C)C)sc1C(=O)N(C)C1CCCc2c1cnn2C. The first-order valence-corrected chi connectivity index (χ1v) is 9.44. The van der Waals surface area contributed by atoms with Gasteiger partial charge in [-0.2, -0.15) is 5.10 Å². The second kappa shape index (κ2) is 6.67. The average Bonchev–Trinajstić information content (AvgIpc) is 3.08. The zero-order valence-corrected chi connectivity index (χ0v) is 16.0. The Kier molecular flexibility index (Phi) is 4.76. The van der Waals surface area contributed by atoms with E-state index in [9.17, 15) is 4.79 Å². The molecule has 0 saturated carbocycles. The Labute approximate surface area is 147 Å². The van der Waals surface area contributed by atoms with Crippen molar-refractivity contribution in [3.63, 3.8) is 0 Å². The minimum atomic E-state index is 0.0849. The molecule has 1 atom stereocenters. The summed E-state index contributed by atoms with van der Waals surface area (Å²) >= 11 is 1.55. The number of hydrogen-bond donors (Lipinski definition) is 0. The number of fused-ring (bicyclic) bond motifs is 1. The monoisotopic (exact) mass is 346 g/mol. The molecule has 2 aromatic rings. The van der Waals surface area contributed by atoms with E-state index in [0.29, 0.717) is 5.92 Å². The van der Waals surface area contributed by atoms with E-state index in [2.05, 4.69) is 23.9 Å². The lowest BCUT2D eigenvalue weighted by atomic mass is 9.92. The van der Waals surface area contributed by atoms with Gasteiger partial charge in [0.05, 0.1) is 22.9 Å². The molecule has 6 heteroatoms. The van der Waals surface area contributed by atoms with Gasteiger partial charge in [-0.25, -0.2) is 4.98 Å². The van der Waals surface area contributed by atoms with Gasteiger partial charge in [0.25, 0.3) is 5.91 Å². The van der Waals surface area contributed by atoms with Gasteiger partial charge in [0.15, 0.2) is 0 Å². The summed E-state index contributed by atoms with van der Waals surface area (Å²) in [6, 6.07) is 0.116. The Morgan fingerprint density at radius 1 is 1.50 bits per heavy atom. The van der Waals surface area contributed by atoms with E-state index in [1.807, 2.05) is 36.8 Å². The van der Waals surface area contributed by atoms with Crippen LogP contribution in [0.2, 0.25) is 0 Å². The fraction of sp³-hybridized carbons (Fsp3) is 0.611. The van der Waals surface area contributed by atoms with Crippen molar-refractivity contribution in [2.75, 3.05) is 7.05 Å². The molecule has 2 aromatic heterocycles. The predicted octanol–water partition coefficient (Wildman–Crippen LogP) is 3.53. The van der Waals surface area contributed by atoms with Crippen LogP contribution in [0.15, 0.2) is 6.20 Å². The smallest absolute Gasteiger partial charge is 0.266 e. The van der Waals surface area contributed by atoms with Crippen molar-refractivity contribution in [2.45, 2.75) is 52.5 Å². The molecule has 130 valence electrons. The molecule has 0 spiro atoms. The van der Waals surface area contributed by atoms with Crippen LogP contribution in [0.25, 0.3) is 0 Å². The number of rotatable bonds is 4. The number of aryl methyl sites for hydroxylation is 2. The van der Waals surface area contributed by atoms with Gasteiger partial charge < -0.3 is 4.90 Å². The third kappa shape index (κ3) is 3.11. The summed E-state index contributed by atoms with van der Waals surface area (Å²) < 4.78 is 1.94. The summed E-state index contributed by atoms with van der Waals surface area (Å²) in [6.45, 7) is 6.30. The fourth-order valence-corrected chi connectivity index (χ4v) is 4.73. The highest BCUT2D eigenvalue weighted by Gasteiger charge is 2.31. The summed E-state index contributed by atoms with van der Waals surface area (Å²) in [7, 11) is 3.89. The van der Waals surface area contributed by atoms with Gasteiger partial charge >= 0.3 is 0 Å². The van der Waals surface area contributed by atoms with Crippen LogP contribution in [0, 0.1) is 12.8 Å². The molecule has 0 N–H and O–H groups in total. The molecule has 3 rings (SSSR count). The first kappa shape index (κ1) is 17.1. The van der Waals surface area contributed by atoms with Crippen LogP contribution in [-0.4, -0.2) is 32.6 Å². The predicted molar refractivity (Wildman–Crippen MR) is 96.4 cm³/mol. The standard InChI is InChI=1S/C18H26N4OS/c1-11(2)9-16-20-12(3)17(24-16)18(23)21(4)14-7-6-8-15-13(14)10-19-22(15)5/h10-11,14H,6-9H2,1-5H3. The van der Waals surface area contributed by atoms with Crippen molar-refractivity contribution in [3.8, 4) is 0 Å². The van der Waals surface area contributed by atoms with Crippen LogP contribution in [0.5, 0.6) is 0 Å². The van der Waals surface area contributed by atoms with Gasteiger partial charge in [-0.05, 0) is 32.1 Å². The maximum atomic E-state index is 13.0. The molecule has 0 fully saturated rings. The maximum absolute atomic E-state index is 13.0. The Balaban J connectivity index is 1.84. The molecule has 0 aliphatic heterocycles. The Bertz CT molecular complexity index is 746. The van der Waals surface area contributed by atoms with Gasteiger partial charge in [0.1, 0.15) is 4.88 Å². The summed E-state index contributed by atoms with van der Waals surface area (Å²) in [5.74, 6) is 0.634. The Morgan fingerprint density at radius 2 is 2.25 bits per heavy atom. The van der Waals surface area contributed by atoms with Gasteiger partial charge in [-0.1, -0.05) is 13.8 Å². The summed E-state index contributed by atoms with van der Waals surface area (Å²) in [4.78, 5) is 20.3. The van der Waals surface area contributed by atoms with E-state index >= 15 is 0 Å². The molecule has 0 saturated heterocycles. The molecular weight excluding hydrogens is 320 g/mol. The van der Waals surface area contributed by atoms with Crippen LogP contribution >= 0.6 is 11.3 Å². The minimum absolute atomic E-state index is 0.0849. The quantitative estimate of drug-likeness (QED) is 0.851. The van der Waals surface area contributed by atoms with Gasteiger partial charge in [-0.15, -0.1) is 11.3 Å². The number of hydrogen-bond acceptors (Lipinski definition) is 4. The number of thiazole rings is 1. The fourth-order valence-electron chi connectivity index (χ4n) is 3.47. The van der Waals surface area contributed by atoms with Crippen LogP contribution in [0.4, 0.5) is 0 Å². The molecule has 5 nitrogen and oxygen atoms in total. The van der Waals surface area contributed by atoms with Crippen molar-refractivity contribution in [1.82, 2.24) is 19.7 Å². The van der Waals surface area contributed by atoms with E-state index in [0.717, 1.165) is 41.3 Å². The van der Waals surface area contributed by atoms with Crippen LogP contribution in [0.1, 0.15) is 64.4 Å². The molecule has 1 unspecified atom stereocenters. The Morgan fingerprint density at radius 3 is 2.96 bits per heavy atom. The van der Waals surface area contributed by atoms with Gasteiger partial charge in [0, 0.05) is 31.8 Å². The molecule has 2 heterocycles. The molecule has 0 radical (unpaired) electrons. The van der Waals surface area contributed by atoms with Crippen molar-refractivity contribution in [2.24, 2.45) is 13.0 Å². The summed E-state index contributed by atoms with van der Waals surface area (Å²) in [5.41, 5.74) is 3.31. The van der Waals surface area contributed by atoms with Gasteiger partial charge in [0.2, 0.25) is 0 Å². The minimum Gasteiger partial charge on any atom is -0.334 e. The summed E-state index contributed by atoms with van der Waals surface area (Å²) in [6.07, 6.45) is 5.99. The van der Waals surface area contributed by atoms with Crippen molar-refractivity contribution in [1.29, 1.82) is 0 Å². The highest BCUT2D eigenvalue weighted by molar-refractivity contribution is 7.13. The summed E-state index contributed by atoms with van der Waals surface area (Å²) in [5, 5.41) is 5.45. The largest absolute Gasteiger partial charge is 0.334 e. The first-order chi connectivity index (χ1) is 11.4. The highest BCUT2D eigenvalue weighted by Crippen LogP contribution is 2.35. The lowest BCUT2D eigenvalue weighted by Gasteiger charge is -2.31. The molecule has 24 heavy (non-hydrogen) atoms. The number of amides is 1. The van der Waals surface area contributed by atoms with Crippen LogP contribution in [0.3, 0.4) is 0 Å². The zero-order chi connectivity index (χ0) is 17.4. The van der Waals surface area contributed by atoms with Crippen LogP contribution < -0.4 is 0 Å². The molecule has 1 aliphatic carbocycles. The van der Waals surface area contributed by atoms with E-state index in [1.54, 1.807) is 11.3 Å². The lowest BCUT2D eigenvalue weighted by Crippen LogP contribution is -2.33. The average molecular weight is 347 g/mol. The van der Waals surface area contributed by atoms with Crippen molar-refractivity contribution >= 4 is 17.2 Å². The van der Waals surface area contributed by atoms with E-state index < -0.39 is 0 Å². The molecule has 0 aromatic carbocycles. The third-order valence-electron chi connectivity index (χ3n) is 4.75. The lowest BCUT2D eigenvalue weighted by molar-refractivity contribution is 0.0718. The molecule has 0 bridgehead atoms.